The van der Waals surface area contributed by atoms with E-state index in [4.69, 9.17) is 9.47 Å². The molecule has 0 bridgehead atoms. The Morgan fingerprint density at radius 3 is 2.21 bits per heavy atom. The summed E-state index contributed by atoms with van der Waals surface area (Å²) < 4.78 is 10.5. The second-order valence-corrected chi connectivity index (χ2v) is 9.56. The van der Waals surface area contributed by atoms with Crippen molar-refractivity contribution in [3.05, 3.63) is 35.9 Å². The number of cyclic esters (lactones) is 1. The highest BCUT2D eigenvalue weighted by Crippen LogP contribution is 2.21. The van der Waals surface area contributed by atoms with Crippen LogP contribution in [0.15, 0.2) is 30.3 Å². The first kappa shape index (κ1) is 31.4. The van der Waals surface area contributed by atoms with Gasteiger partial charge in [-0.05, 0) is 5.56 Å². The molecule has 39 heavy (non-hydrogen) atoms. The number of carbonyl (C=O) groups excluding carboxylic acids is 7. The monoisotopic (exact) mass is 566 g/mol. The molecule has 0 radical (unpaired) electrons. The van der Waals surface area contributed by atoms with Crippen LogP contribution in [0.25, 0.3) is 0 Å². The number of hydrogen-bond acceptors (Lipinski definition) is 11. The minimum atomic E-state index is -1.45. The van der Waals surface area contributed by atoms with Gasteiger partial charge in [0.2, 0.25) is 23.6 Å². The molecular formula is C24H30N4O10S. The number of thioether (sulfide) groups is 1. The van der Waals surface area contributed by atoms with Crippen molar-refractivity contribution in [3.63, 3.8) is 0 Å². The summed E-state index contributed by atoms with van der Waals surface area (Å²) in [6.07, 6.45) is -4.12. The molecule has 1 aromatic carbocycles. The van der Waals surface area contributed by atoms with Crippen LogP contribution in [0.4, 0.5) is 0 Å². The number of carbonyl (C=O) groups is 7. The summed E-state index contributed by atoms with van der Waals surface area (Å²) in [5.41, 5.74) is 0.741. The maximum absolute atomic E-state index is 12.4. The average Bonchev–Trinajstić information content (AvgIpc) is 3.20. The number of rotatable bonds is 14. The van der Waals surface area contributed by atoms with E-state index in [9.17, 15) is 38.7 Å². The van der Waals surface area contributed by atoms with Gasteiger partial charge in [0.05, 0.1) is 38.5 Å². The van der Waals surface area contributed by atoms with E-state index in [1.807, 2.05) is 0 Å². The molecule has 0 aromatic heterocycles. The van der Waals surface area contributed by atoms with Crippen LogP contribution in [0.3, 0.4) is 0 Å². The maximum atomic E-state index is 12.4. The van der Waals surface area contributed by atoms with Gasteiger partial charge in [-0.25, -0.2) is 4.79 Å². The zero-order valence-corrected chi connectivity index (χ0v) is 22.2. The number of benzene rings is 1. The first-order valence-electron chi connectivity index (χ1n) is 11.7. The lowest BCUT2D eigenvalue weighted by Gasteiger charge is -2.26. The van der Waals surface area contributed by atoms with Gasteiger partial charge in [-0.15, -0.1) is 0 Å². The highest BCUT2D eigenvalue weighted by Gasteiger charge is 2.48. The molecule has 1 saturated heterocycles. The zero-order valence-electron chi connectivity index (χ0n) is 21.3. The first-order valence-corrected chi connectivity index (χ1v) is 12.7. The van der Waals surface area contributed by atoms with E-state index in [1.54, 1.807) is 30.3 Å². The van der Waals surface area contributed by atoms with Crippen LogP contribution in [-0.4, -0.2) is 108 Å². The SMILES string of the molecule is CC(=O)SCC(=O)NCC(=O)NCC(=O)NCC(=O)N(C)CC(O)C1OC(=O)C(=O)C1OCc1ccccc1. The fourth-order valence-electron chi connectivity index (χ4n) is 3.22. The molecule has 2 rings (SSSR count). The number of Topliss-reactive ketones (excluding diaryl/α,β-unsaturated/α-hetero) is 1. The van der Waals surface area contributed by atoms with Crippen LogP contribution in [0.2, 0.25) is 0 Å². The number of ketones is 1. The molecule has 3 unspecified atom stereocenters. The van der Waals surface area contributed by atoms with Crippen molar-refractivity contribution >= 4 is 52.3 Å². The van der Waals surface area contributed by atoms with Crippen LogP contribution < -0.4 is 16.0 Å². The lowest BCUT2D eigenvalue weighted by atomic mass is 10.1. The van der Waals surface area contributed by atoms with E-state index in [0.29, 0.717) is 0 Å². The predicted molar refractivity (Wildman–Crippen MR) is 136 cm³/mol. The van der Waals surface area contributed by atoms with Gasteiger partial charge in [0, 0.05) is 14.0 Å². The predicted octanol–water partition coefficient (Wildman–Crippen LogP) is -2.49. The van der Waals surface area contributed by atoms with Gasteiger partial charge >= 0.3 is 5.97 Å². The van der Waals surface area contributed by atoms with Crippen molar-refractivity contribution in [2.45, 2.75) is 31.8 Å². The second-order valence-electron chi connectivity index (χ2n) is 8.40. The van der Waals surface area contributed by atoms with Crippen LogP contribution in [0, 0.1) is 0 Å². The molecule has 4 amide bonds. The maximum Gasteiger partial charge on any atom is 0.378 e. The number of aliphatic hydroxyl groups excluding tert-OH is 1. The summed E-state index contributed by atoms with van der Waals surface area (Å²) in [7, 11) is 1.34. The normalized spacial score (nSPS) is 17.1. The summed E-state index contributed by atoms with van der Waals surface area (Å²) >= 11 is 0.791. The molecule has 1 heterocycles. The molecule has 1 aliphatic rings. The lowest BCUT2D eigenvalue weighted by molar-refractivity contribution is -0.152. The van der Waals surface area contributed by atoms with Gasteiger partial charge in [-0.2, -0.15) is 0 Å². The third kappa shape index (κ3) is 10.8. The quantitative estimate of drug-likeness (QED) is 0.137. The minimum Gasteiger partial charge on any atom is -0.450 e. The number of nitrogens with one attached hydrogen (secondary N) is 3. The molecule has 1 aliphatic heterocycles. The third-order valence-corrected chi connectivity index (χ3v) is 6.09. The summed E-state index contributed by atoms with van der Waals surface area (Å²) in [5.74, 6) is -4.68. The second kappa shape index (κ2) is 15.6. The molecule has 212 valence electrons. The fraction of sp³-hybridized carbons (Fsp3) is 0.458. The van der Waals surface area contributed by atoms with Crippen LogP contribution in [-0.2, 0) is 49.6 Å². The van der Waals surface area contributed by atoms with Crippen LogP contribution in [0.5, 0.6) is 0 Å². The van der Waals surface area contributed by atoms with Gasteiger partial charge in [0.15, 0.2) is 17.3 Å². The molecule has 15 heteroatoms. The molecule has 0 spiro atoms. The van der Waals surface area contributed by atoms with E-state index in [-0.39, 0.29) is 24.0 Å². The van der Waals surface area contributed by atoms with Crippen molar-refractivity contribution in [3.8, 4) is 0 Å². The molecule has 0 saturated carbocycles. The number of ether oxygens (including phenoxy) is 2. The van der Waals surface area contributed by atoms with Crippen molar-refractivity contribution < 1.29 is 48.1 Å². The fourth-order valence-corrected chi connectivity index (χ4v) is 3.65. The Morgan fingerprint density at radius 2 is 1.59 bits per heavy atom. The number of nitrogens with zero attached hydrogens (tertiary/aromatic N) is 1. The van der Waals surface area contributed by atoms with Crippen molar-refractivity contribution in [2.75, 3.05) is 39.0 Å². The summed E-state index contributed by atoms with van der Waals surface area (Å²) in [6, 6.07) is 8.87. The number of aliphatic hydroxyl groups is 1. The Kier molecular flexibility index (Phi) is 12.5. The molecule has 14 nitrogen and oxygen atoms in total. The van der Waals surface area contributed by atoms with E-state index in [0.717, 1.165) is 22.2 Å². The standard InChI is InChI=1S/C24H30N4O10S/c1-14(29)39-13-19(33)26-9-17(31)25-8-18(32)27-10-20(34)28(2)11-16(30)22-23(21(35)24(36)38-22)37-12-15-6-4-3-5-7-15/h3-7,16,22-23,30H,8-13H2,1-2H3,(H,25,31)(H,26,33)(H,27,32). The Balaban J connectivity index is 1.73. The lowest BCUT2D eigenvalue weighted by Crippen LogP contribution is -2.48. The van der Waals surface area contributed by atoms with E-state index in [1.165, 1.54) is 14.0 Å². The number of likely N-dealkylation sites (N-methyl/N-ethyl adjacent to an activating group) is 1. The Bertz CT molecular complexity index is 1080. The number of esters is 1. The zero-order chi connectivity index (χ0) is 28.9. The van der Waals surface area contributed by atoms with Crippen LogP contribution >= 0.6 is 11.8 Å². The molecule has 4 N–H and O–H groups in total. The Morgan fingerprint density at radius 1 is 1.00 bits per heavy atom. The van der Waals surface area contributed by atoms with Crippen molar-refractivity contribution in [1.29, 1.82) is 0 Å². The van der Waals surface area contributed by atoms with E-state index >= 15 is 0 Å². The largest absolute Gasteiger partial charge is 0.450 e. The van der Waals surface area contributed by atoms with E-state index in [2.05, 4.69) is 16.0 Å². The first-order chi connectivity index (χ1) is 18.5. The molecular weight excluding hydrogens is 536 g/mol. The van der Waals surface area contributed by atoms with Crippen molar-refractivity contribution in [1.82, 2.24) is 20.9 Å². The van der Waals surface area contributed by atoms with Gasteiger partial charge in [-0.1, -0.05) is 42.1 Å². The summed E-state index contributed by atoms with van der Waals surface area (Å²) in [6.45, 7) is -0.343. The van der Waals surface area contributed by atoms with Gasteiger partial charge in [0.1, 0.15) is 6.10 Å². The molecule has 1 aromatic rings. The van der Waals surface area contributed by atoms with E-state index < -0.39 is 73.3 Å². The molecule has 3 atom stereocenters. The number of hydrogen-bond donors (Lipinski definition) is 4. The molecule has 1 fully saturated rings. The Hall–Kier alpha value is -3.82. The Labute approximate surface area is 228 Å². The smallest absolute Gasteiger partial charge is 0.378 e. The topological polar surface area (TPSA) is 198 Å². The summed E-state index contributed by atoms with van der Waals surface area (Å²) in [5, 5.41) is 17.2. The van der Waals surface area contributed by atoms with Gasteiger partial charge in [0.25, 0.3) is 5.78 Å². The molecule has 0 aliphatic carbocycles. The average molecular weight is 567 g/mol. The van der Waals surface area contributed by atoms with Gasteiger partial charge in [-0.3, -0.25) is 28.8 Å². The van der Waals surface area contributed by atoms with Gasteiger partial charge < -0.3 is 35.4 Å². The summed E-state index contributed by atoms with van der Waals surface area (Å²) in [4.78, 5) is 83.4. The van der Waals surface area contributed by atoms with Crippen molar-refractivity contribution in [2.24, 2.45) is 0 Å². The minimum absolute atomic E-state index is 0.000247. The third-order valence-electron chi connectivity index (χ3n) is 5.27. The highest BCUT2D eigenvalue weighted by molar-refractivity contribution is 8.14. The number of amides is 4. The highest BCUT2D eigenvalue weighted by atomic mass is 32.2. The van der Waals surface area contributed by atoms with Crippen LogP contribution in [0.1, 0.15) is 12.5 Å².